The van der Waals surface area contributed by atoms with Crippen molar-refractivity contribution in [2.75, 3.05) is 24.9 Å². The quantitative estimate of drug-likeness (QED) is 0.248. The minimum absolute atomic E-state index is 0. The predicted octanol–water partition coefficient (Wildman–Crippen LogP) is 1.40. The molecule has 0 bridgehead atoms. The molecule has 1 aromatic heterocycles. The van der Waals surface area contributed by atoms with Crippen LogP contribution in [-0.4, -0.2) is 47.4 Å². The maximum absolute atomic E-state index is 11.3. The van der Waals surface area contributed by atoms with Crippen molar-refractivity contribution in [3.8, 4) is 0 Å². The second kappa shape index (κ2) is 10.3. The number of carbonyl (C=O) groups is 3. The smallest absolute Gasteiger partial charge is 0.346 e. The molecule has 0 unspecified atom stereocenters. The van der Waals surface area contributed by atoms with Crippen molar-refractivity contribution in [1.82, 2.24) is 4.98 Å². The standard InChI is InChI=1S/C10H9Cl2N3O5S.ClH/c1-19-7(17)3-20-15-8(9(12)18)5-4-21-10(13-5)14-6(16)2-11;/h4H,2-3H2,1H3,(H,13,14,16);1H/b15-8-;. The number of rotatable bonds is 7. The maximum atomic E-state index is 11.3. The second-order valence-corrected chi connectivity index (χ2v) is 4.75. The van der Waals surface area contributed by atoms with Gasteiger partial charge in [0.25, 0.3) is 5.24 Å². The zero-order chi connectivity index (χ0) is 15.8. The number of hydrogen-bond donors (Lipinski definition) is 1. The third-order valence-electron chi connectivity index (χ3n) is 1.87. The number of carbonyl (C=O) groups excluding carboxylic acids is 3. The average molecular weight is 391 g/mol. The maximum Gasteiger partial charge on any atom is 0.346 e. The van der Waals surface area contributed by atoms with Crippen molar-refractivity contribution in [2.24, 2.45) is 5.16 Å². The highest BCUT2D eigenvalue weighted by atomic mass is 35.5. The molecule has 0 radical (unpaired) electrons. The summed E-state index contributed by atoms with van der Waals surface area (Å²) in [6.07, 6.45) is 0. The lowest BCUT2D eigenvalue weighted by molar-refractivity contribution is -0.145. The van der Waals surface area contributed by atoms with Crippen molar-refractivity contribution in [3.05, 3.63) is 11.1 Å². The van der Waals surface area contributed by atoms with E-state index in [1.54, 1.807) is 0 Å². The Hall–Kier alpha value is -1.42. The minimum Gasteiger partial charge on any atom is -0.466 e. The van der Waals surface area contributed by atoms with Gasteiger partial charge in [0.05, 0.1) is 7.11 Å². The molecule has 1 N–H and O–H groups in total. The molecule has 0 aliphatic carbocycles. The molecule has 8 nitrogen and oxygen atoms in total. The Morgan fingerprint density at radius 3 is 2.68 bits per heavy atom. The van der Waals surface area contributed by atoms with E-state index >= 15 is 0 Å². The zero-order valence-electron chi connectivity index (χ0n) is 11.0. The zero-order valence-corrected chi connectivity index (χ0v) is 14.1. The number of nitrogens with one attached hydrogen (secondary N) is 1. The first kappa shape index (κ1) is 20.6. The number of thiazole rings is 1. The fraction of sp³-hybridized carbons (Fsp3) is 0.300. The van der Waals surface area contributed by atoms with Crippen molar-refractivity contribution >= 4 is 74.9 Å². The summed E-state index contributed by atoms with van der Waals surface area (Å²) >= 11 is 11.7. The molecule has 1 heterocycles. The molecule has 0 aliphatic heterocycles. The topological polar surface area (TPSA) is 107 Å². The number of alkyl halides is 1. The summed E-state index contributed by atoms with van der Waals surface area (Å²) in [5.74, 6) is -1.35. The first-order valence-electron chi connectivity index (χ1n) is 5.26. The minimum atomic E-state index is -0.930. The van der Waals surface area contributed by atoms with Gasteiger partial charge in [0, 0.05) is 5.38 Å². The van der Waals surface area contributed by atoms with Gasteiger partial charge in [0.1, 0.15) is 11.6 Å². The fourth-order valence-corrected chi connectivity index (χ4v) is 1.89. The predicted molar refractivity (Wildman–Crippen MR) is 84.1 cm³/mol. The summed E-state index contributed by atoms with van der Waals surface area (Å²) in [4.78, 5) is 41.8. The van der Waals surface area contributed by atoms with Gasteiger partial charge in [-0.2, -0.15) is 0 Å². The van der Waals surface area contributed by atoms with Gasteiger partial charge in [-0.3, -0.25) is 9.59 Å². The Labute approximate surface area is 145 Å². The molecule has 12 heteroatoms. The number of ether oxygens (including phenoxy) is 1. The molecule has 0 atom stereocenters. The van der Waals surface area contributed by atoms with Crippen LogP contribution in [0.5, 0.6) is 0 Å². The van der Waals surface area contributed by atoms with Crippen LogP contribution in [0.4, 0.5) is 5.13 Å². The second-order valence-electron chi connectivity index (χ2n) is 3.28. The van der Waals surface area contributed by atoms with Crippen LogP contribution in [0.15, 0.2) is 10.5 Å². The van der Waals surface area contributed by atoms with E-state index in [1.807, 2.05) is 0 Å². The van der Waals surface area contributed by atoms with Gasteiger partial charge in [0.15, 0.2) is 10.8 Å². The van der Waals surface area contributed by atoms with E-state index in [9.17, 15) is 14.4 Å². The average Bonchev–Trinajstić information content (AvgIpc) is 2.90. The third kappa shape index (κ3) is 6.56. The third-order valence-corrected chi connectivity index (χ3v) is 3.05. The Bertz CT molecular complexity index is 578. The number of halogens is 3. The number of methoxy groups -OCH3 is 1. The van der Waals surface area contributed by atoms with E-state index < -0.39 is 23.7 Å². The van der Waals surface area contributed by atoms with Gasteiger partial charge < -0.3 is 14.9 Å². The van der Waals surface area contributed by atoms with E-state index in [0.29, 0.717) is 0 Å². The van der Waals surface area contributed by atoms with Gasteiger partial charge in [-0.15, -0.1) is 35.3 Å². The summed E-state index contributed by atoms with van der Waals surface area (Å²) in [5.41, 5.74) is -0.210. The summed E-state index contributed by atoms with van der Waals surface area (Å²) < 4.78 is 4.33. The highest BCUT2D eigenvalue weighted by Gasteiger charge is 2.17. The molecular weight excluding hydrogens is 381 g/mol. The first-order chi connectivity index (χ1) is 9.97. The van der Waals surface area contributed by atoms with Crippen LogP contribution < -0.4 is 5.32 Å². The van der Waals surface area contributed by atoms with Crippen LogP contribution in [0.25, 0.3) is 0 Å². The van der Waals surface area contributed by atoms with Crippen LogP contribution in [0.2, 0.25) is 0 Å². The van der Waals surface area contributed by atoms with Gasteiger partial charge in [-0.05, 0) is 11.6 Å². The Balaban J connectivity index is 0.00000441. The van der Waals surface area contributed by atoms with Crippen LogP contribution >= 0.6 is 46.9 Å². The molecule has 1 aromatic rings. The van der Waals surface area contributed by atoms with E-state index in [0.717, 1.165) is 11.3 Å². The van der Waals surface area contributed by atoms with Gasteiger partial charge in [0.2, 0.25) is 12.5 Å². The lowest BCUT2D eigenvalue weighted by atomic mass is 10.3. The van der Waals surface area contributed by atoms with Crippen LogP contribution in [0.1, 0.15) is 5.69 Å². The normalized spacial score (nSPS) is 10.4. The molecule has 0 saturated heterocycles. The fourth-order valence-electron chi connectivity index (χ4n) is 0.984. The van der Waals surface area contributed by atoms with E-state index in [-0.39, 0.29) is 34.8 Å². The van der Waals surface area contributed by atoms with Crippen molar-refractivity contribution in [2.45, 2.75) is 0 Å². The van der Waals surface area contributed by atoms with Gasteiger partial charge >= 0.3 is 5.97 Å². The Morgan fingerprint density at radius 1 is 1.45 bits per heavy atom. The molecule has 0 saturated carbocycles. The molecule has 22 heavy (non-hydrogen) atoms. The molecular formula is C10H10Cl3N3O5S. The number of esters is 1. The molecule has 1 rings (SSSR count). The van der Waals surface area contributed by atoms with Crippen LogP contribution in [0.3, 0.4) is 0 Å². The monoisotopic (exact) mass is 389 g/mol. The molecule has 0 fully saturated rings. The number of aromatic nitrogens is 1. The lowest BCUT2D eigenvalue weighted by Crippen LogP contribution is -2.15. The van der Waals surface area contributed by atoms with Gasteiger partial charge in [-0.1, -0.05) is 5.16 Å². The highest BCUT2D eigenvalue weighted by molar-refractivity contribution is 7.14. The Morgan fingerprint density at radius 2 is 2.14 bits per heavy atom. The molecule has 0 aliphatic rings. The molecule has 0 spiro atoms. The molecule has 122 valence electrons. The molecule has 0 aromatic carbocycles. The highest BCUT2D eigenvalue weighted by Crippen LogP contribution is 2.17. The first-order valence-corrected chi connectivity index (χ1v) is 7.05. The SMILES string of the molecule is COC(=O)CO/N=C(\C(=O)Cl)c1csc(NC(=O)CCl)n1.Cl. The van der Waals surface area contributed by atoms with Crippen LogP contribution in [-0.2, 0) is 24.0 Å². The van der Waals surface area contributed by atoms with Crippen LogP contribution in [0, 0.1) is 0 Å². The summed E-state index contributed by atoms with van der Waals surface area (Å²) in [6.45, 7) is -0.482. The number of anilines is 1. The van der Waals surface area contributed by atoms with Crippen molar-refractivity contribution < 1.29 is 24.0 Å². The Kier molecular flexibility index (Phi) is 9.66. The van der Waals surface area contributed by atoms with E-state index in [1.165, 1.54) is 12.5 Å². The summed E-state index contributed by atoms with van der Waals surface area (Å²) in [7, 11) is 1.18. The van der Waals surface area contributed by atoms with E-state index in [2.05, 4.69) is 25.0 Å². The number of nitrogens with zero attached hydrogens (tertiary/aromatic N) is 2. The largest absolute Gasteiger partial charge is 0.466 e. The van der Waals surface area contributed by atoms with Gasteiger partial charge in [-0.25, -0.2) is 9.78 Å². The number of oxime groups is 1. The number of hydrogen-bond acceptors (Lipinski definition) is 8. The van der Waals surface area contributed by atoms with Crippen molar-refractivity contribution in [3.63, 3.8) is 0 Å². The van der Waals surface area contributed by atoms with E-state index in [4.69, 9.17) is 23.2 Å². The van der Waals surface area contributed by atoms with Crippen molar-refractivity contribution in [1.29, 1.82) is 0 Å². The lowest BCUT2D eigenvalue weighted by Gasteiger charge is -2.00. The number of amides is 1. The summed E-state index contributed by atoms with van der Waals surface area (Å²) in [5, 5.41) is 6.56. The summed E-state index contributed by atoms with van der Waals surface area (Å²) in [6, 6.07) is 0. The molecule has 1 amide bonds.